The molecular formula is C14H8F4N2. The lowest BCUT2D eigenvalue weighted by Crippen LogP contribution is -2.13. The molecule has 1 N–H and O–H groups in total. The molecule has 1 atom stereocenters. The van der Waals surface area contributed by atoms with Gasteiger partial charge in [0.1, 0.15) is 29.3 Å². The lowest BCUT2D eigenvalue weighted by molar-refractivity contribution is 0.521. The Hall–Kier alpha value is -2.55. The molecule has 0 heterocycles. The van der Waals surface area contributed by atoms with Crippen LogP contribution in [0.3, 0.4) is 0 Å². The second-order valence-corrected chi connectivity index (χ2v) is 4.00. The van der Waals surface area contributed by atoms with Gasteiger partial charge in [-0.15, -0.1) is 0 Å². The number of nitrogens with zero attached hydrogens (tertiary/aromatic N) is 1. The third-order valence-electron chi connectivity index (χ3n) is 2.60. The lowest BCUT2D eigenvalue weighted by atomic mass is 10.1. The zero-order valence-corrected chi connectivity index (χ0v) is 10.0. The summed E-state index contributed by atoms with van der Waals surface area (Å²) in [6.45, 7) is 0. The van der Waals surface area contributed by atoms with E-state index in [0.717, 1.165) is 6.07 Å². The molecule has 0 radical (unpaired) electrons. The van der Waals surface area contributed by atoms with Crippen LogP contribution in [0.15, 0.2) is 36.4 Å². The van der Waals surface area contributed by atoms with E-state index in [2.05, 4.69) is 5.32 Å². The first-order chi connectivity index (χ1) is 9.51. The number of halogens is 4. The summed E-state index contributed by atoms with van der Waals surface area (Å²) < 4.78 is 53.0. The molecule has 20 heavy (non-hydrogen) atoms. The van der Waals surface area contributed by atoms with Crippen molar-refractivity contribution in [3.63, 3.8) is 0 Å². The van der Waals surface area contributed by atoms with Crippen LogP contribution in [0.4, 0.5) is 23.2 Å². The van der Waals surface area contributed by atoms with Crippen LogP contribution in [0.25, 0.3) is 0 Å². The van der Waals surface area contributed by atoms with Gasteiger partial charge in [0.25, 0.3) is 0 Å². The molecule has 6 heteroatoms. The fraction of sp³-hybridized carbons (Fsp3) is 0.0714. The van der Waals surface area contributed by atoms with E-state index < -0.39 is 34.9 Å². The first kappa shape index (κ1) is 13.9. The summed E-state index contributed by atoms with van der Waals surface area (Å²) in [7, 11) is 0. The summed E-state index contributed by atoms with van der Waals surface area (Å²) in [5.41, 5.74) is -0.433. The molecule has 0 aromatic heterocycles. The van der Waals surface area contributed by atoms with Gasteiger partial charge in [-0.3, -0.25) is 0 Å². The minimum Gasteiger partial charge on any atom is -0.366 e. The SMILES string of the molecule is N#C[C@@H](Nc1cccc(F)c1)c1c(F)cc(F)cc1F. The standard InChI is InChI=1S/C14H8F4N2/c15-8-2-1-3-10(4-8)20-13(7-19)14-11(17)5-9(16)6-12(14)18/h1-6,13,20H/t13-/m1/s1. The zero-order valence-electron chi connectivity index (χ0n) is 10.0. The highest BCUT2D eigenvalue weighted by Crippen LogP contribution is 2.25. The second-order valence-electron chi connectivity index (χ2n) is 4.00. The van der Waals surface area contributed by atoms with E-state index in [1.165, 1.54) is 18.2 Å². The van der Waals surface area contributed by atoms with Gasteiger partial charge in [0.05, 0.1) is 11.6 Å². The number of nitriles is 1. The summed E-state index contributed by atoms with van der Waals surface area (Å²) in [5.74, 6) is -4.01. The predicted octanol–water partition coefficient (Wildman–Crippen LogP) is 3.92. The summed E-state index contributed by atoms with van der Waals surface area (Å²) in [6, 6.07) is 6.29. The van der Waals surface area contributed by atoms with Gasteiger partial charge in [0.15, 0.2) is 0 Å². The summed E-state index contributed by atoms with van der Waals surface area (Å²) in [5, 5.41) is 11.5. The monoisotopic (exact) mass is 280 g/mol. The van der Waals surface area contributed by atoms with Crippen LogP contribution in [0.2, 0.25) is 0 Å². The number of anilines is 1. The molecule has 0 aliphatic heterocycles. The topological polar surface area (TPSA) is 35.8 Å². The van der Waals surface area contributed by atoms with E-state index in [9.17, 15) is 17.6 Å². The van der Waals surface area contributed by atoms with Crippen molar-refractivity contribution in [3.05, 3.63) is 65.2 Å². The highest BCUT2D eigenvalue weighted by molar-refractivity contribution is 5.48. The summed E-state index contributed by atoms with van der Waals surface area (Å²) >= 11 is 0. The molecule has 0 saturated heterocycles. The van der Waals surface area contributed by atoms with Crippen LogP contribution in [0, 0.1) is 34.6 Å². The van der Waals surface area contributed by atoms with Crippen LogP contribution >= 0.6 is 0 Å². The molecule has 2 aromatic carbocycles. The molecule has 0 fully saturated rings. The Bertz CT molecular complexity index is 656. The van der Waals surface area contributed by atoms with Crippen molar-refractivity contribution in [2.45, 2.75) is 6.04 Å². The molecule has 2 nitrogen and oxygen atoms in total. The van der Waals surface area contributed by atoms with Crippen molar-refractivity contribution in [1.29, 1.82) is 5.26 Å². The molecule has 0 aliphatic carbocycles. The van der Waals surface area contributed by atoms with E-state index in [1.807, 2.05) is 0 Å². The van der Waals surface area contributed by atoms with E-state index in [4.69, 9.17) is 5.26 Å². The molecule has 0 aliphatic rings. The number of rotatable bonds is 3. The van der Waals surface area contributed by atoms with E-state index in [0.29, 0.717) is 12.1 Å². The highest BCUT2D eigenvalue weighted by Gasteiger charge is 2.21. The molecule has 0 bridgehead atoms. The Morgan fingerprint density at radius 3 is 2.15 bits per heavy atom. The van der Waals surface area contributed by atoms with E-state index in [-0.39, 0.29) is 5.69 Å². The number of hydrogen-bond donors (Lipinski definition) is 1. The molecule has 102 valence electrons. The molecule has 2 aromatic rings. The normalized spacial score (nSPS) is 11.8. The third kappa shape index (κ3) is 2.88. The summed E-state index contributed by atoms with van der Waals surface area (Å²) in [4.78, 5) is 0. The molecule has 0 saturated carbocycles. The molecule has 0 spiro atoms. The quantitative estimate of drug-likeness (QED) is 0.865. The van der Waals surface area contributed by atoms with Gasteiger partial charge in [0.2, 0.25) is 0 Å². The van der Waals surface area contributed by atoms with Gasteiger partial charge in [-0.1, -0.05) is 6.07 Å². The number of nitrogens with one attached hydrogen (secondary N) is 1. The van der Waals surface area contributed by atoms with Gasteiger partial charge in [-0.25, -0.2) is 17.6 Å². The number of hydrogen-bond acceptors (Lipinski definition) is 2. The minimum absolute atomic E-state index is 0.180. The van der Waals surface area contributed by atoms with Crippen LogP contribution in [-0.4, -0.2) is 0 Å². The van der Waals surface area contributed by atoms with E-state index >= 15 is 0 Å². The Kier molecular flexibility index (Phi) is 3.89. The average molecular weight is 280 g/mol. The van der Waals surface area contributed by atoms with Crippen molar-refractivity contribution >= 4 is 5.69 Å². The second kappa shape index (κ2) is 5.61. The molecule has 2 rings (SSSR count). The lowest BCUT2D eigenvalue weighted by Gasteiger charge is -2.15. The van der Waals surface area contributed by atoms with Crippen molar-refractivity contribution in [1.82, 2.24) is 0 Å². The fourth-order valence-electron chi connectivity index (χ4n) is 1.74. The van der Waals surface area contributed by atoms with Gasteiger partial charge in [-0.05, 0) is 18.2 Å². The Morgan fingerprint density at radius 1 is 0.950 bits per heavy atom. The zero-order chi connectivity index (χ0) is 14.7. The predicted molar refractivity (Wildman–Crippen MR) is 64.7 cm³/mol. The molecule has 0 amide bonds. The smallest absolute Gasteiger partial charge is 0.145 e. The van der Waals surface area contributed by atoms with Crippen molar-refractivity contribution in [2.24, 2.45) is 0 Å². The summed E-state index contributed by atoms with van der Waals surface area (Å²) in [6.07, 6.45) is 0. The highest BCUT2D eigenvalue weighted by atomic mass is 19.1. The Balaban J connectivity index is 2.37. The van der Waals surface area contributed by atoms with Gasteiger partial charge in [-0.2, -0.15) is 5.26 Å². The van der Waals surface area contributed by atoms with Crippen molar-refractivity contribution in [3.8, 4) is 6.07 Å². The maximum atomic E-state index is 13.6. The molecule has 0 unspecified atom stereocenters. The van der Waals surface area contributed by atoms with Crippen LogP contribution in [-0.2, 0) is 0 Å². The minimum atomic E-state index is -1.41. The van der Waals surface area contributed by atoms with Crippen molar-refractivity contribution < 1.29 is 17.6 Å². The maximum absolute atomic E-state index is 13.6. The first-order valence-corrected chi connectivity index (χ1v) is 5.57. The third-order valence-corrected chi connectivity index (χ3v) is 2.60. The van der Waals surface area contributed by atoms with Crippen LogP contribution in [0.1, 0.15) is 11.6 Å². The van der Waals surface area contributed by atoms with Gasteiger partial charge >= 0.3 is 0 Å². The average Bonchev–Trinajstić information content (AvgIpc) is 2.36. The largest absolute Gasteiger partial charge is 0.366 e. The first-order valence-electron chi connectivity index (χ1n) is 5.57. The van der Waals surface area contributed by atoms with Gasteiger partial charge < -0.3 is 5.32 Å². The molecular weight excluding hydrogens is 272 g/mol. The van der Waals surface area contributed by atoms with Gasteiger partial charge in [0, 0.05) is 17.8 Å². The number of benzene rings is 2. The van der Waals surface area contributed by atoms with E-state index in [1.54, 1.807) is 6.07 Å². The Morgan fingerprint density at radius 2 is 1.60 bits per heavy atom. The maximum Gasteiger partial charge on any atom is 0.145 e. The Labute approximate surface area is 112 Å². The fourth-order valence-corrected chi connectivity index (χ4v) is 1.74. The van der Waals surface area contributed by atoms with Crippen LogP contribution in [0.5, 0.6) is 0 Å². The van der Waals surface area contributed by atoms with Crippen molar-refractivity contribution in [2.75, 3.05) is 5.32 Å². The van der Waals surface area contributed by atoms with Crippen LogP contribution < -0.4 is 5.32 Å².